The van der Waals surface area contributed by atoms with E-state index in [1.54, 1.807) is 32.0 Å². The maximum atomic E-state index is 11.7. The zero-order valence-corrected chi connectivity index (χ0v) is 9.36. The highest BCUT2D eigenvalue weighted by Crippen LogP contribution is 2.09. The standard InChI is InChI=1S/C13H13NO2/c1-9(2)12(15)7-13(16)11-5-3-4-10(6-11)8-14/h3-6,9H,7H2,1-2H3. The van der Waals surface area contributed by atoms with Gasteiger partial charge in [-0.15, -0.1) is 0 Å². The molecule has 0 heterocycles. The Morgan fingerprint density at radius 1 is 1.38 bits per heavy atom. The van der Waals surface area contributed by atoms with Crippen molar-refractivity contribution in [3.63, 3.8) is 0 Å². The summed E-state index contributed by atoms with van der Waals surface area (Å²) in [5, 5.41) is 8.69. The third-order valence-electron chi connectivity index (χ3n) is 2.29. The summed E-state index contributed by atoms with van der Waals surface area (Å²) >= 11 is 0. The molecular formula is C13H13NO2. The Bertz CT molecular complexity index is 455. The van der Waals surface area contributed by atoms with Crippen LogP contribution in [-0.2, 0) is 4.79 Å². The number of carbonyl (C=O) groups excluding carboxylic acids is 2. The predicted molar refractivity (Wildman–Crippen MR) is 59.9 cm³/mol. The van der Waals surface area contributed by atoms with Crippen molar-refractivity contribution in [3.05, 3.63) is 35.4 Å². The molecule has 0 aliphatic heterocycles. The van der Waals surface area contributed by atoms with Gasteiger partial charge in [-0.05, 0) is 12.1 Å². The maximum absolute atomic E-state index is 11.7. The number of benzene rings is 1. The molecule has 0 atom stereocenters. The molecule has 0 aliphatic rings. The van der Waals surface area contributed by atoms with Gasteiger partial charge in [-0.25, -0.2) is 0 Å². The Labute approximate surface area is 94.7 Å². The molecule has 0 fully saturated rings. The summed E-state index contributed by atoms with van der Waals surface area (Å²) in [7, 11) is 0. The van der Waals surface area contributed by atoms with E-state index in [2.05, 4.69) is 0 Å². The predicted octanol–water partition coefficient (Wildman–Crippen LogP) is 2.36. The molecule has 0 saturated carbocycles. The Morgan fingerprint density at radius 2 is 2.06 bits per heavy atom. The van der Waals surface area contributed by atoms with E-state index in [9.17, 15) is 9.59 Å². The number of nitriles is 1. The number of ketones is 2. The van der Waals surface area contributed by atoms with Crippen LogP contribution < -0.4 is 0 Å². The number of Topliss-reactive ketones (excluding diaryl/α,β-unsaturated/α-hetero) is 2. The average molecular weight is 215 g/mol. The SMILES string of the molecule is CC(C)C(=O)CC(=O)c1cccc(C#N)c1. The van der Waals surface area contributed by atoms with Crippen molar-refractivity contribution in [1.82, 2.24) is 0 Å². The molecular weight excluding hydrogens is 202 g/mol. The summed E-state index contributed by atoms with van der Waals surface area (Å²) in [6.07, 6.45) is -0.0907. The third-order valence-corrected chi connectivity index (χ3v) is 2.29. The van der Waals surface area contributed by atoms with E-state index in [1.165, 1.54) is 6.07 Å². The van der Waals surface area contributed by atoms with Gasteiger partial charge in [-0.2, -0.15) is 5.26 Å². The van der Waals surface area contributed by atoms with Gasteiger partial charge in [0, 0.05) is 11.5 Å². The molecule has 1 rings (SSSR count). The van der Waals surface area contributed by atoms with Gasteiger partial charge in [0.15, 0.2) is 5.78 Å². The summed E-state index contributed by atoms with van der Waals surface area (Å²) < 4.78 is 0. The van der Waals surface area contributed by atoms with Crippen LogP contribution in [0.4, 0.5) is 0 Å². The molecule has 0 amide bonds. The number of carbonyl (C=O) groups is 2. The normalized spacial score (nSPS) is 9.88. The quantitative estimate of drug-likeness (QED) is 0.572. The first-order chi connectivity index (χ1) is 7.54. The van der Waals surface area contributed by atoms with Crippen molar-refractivity contribution in [1.29, 1.82) is 5.26 Å². The van der Waals surface area contributed by atoms with E-state index in [-0.39, 0.29) is 23.9 Å². The van der Waals surface area contributed by atoms with Crippen molar-refractivity contribution >= 4 is 11.6 Å². The van der Waals surface area contributed by atoms with Crippen molar-refractivity contribution < 1.29 is 9.59 Å². The molecule has 1 aromatic carbocycles. The Morgan fingerprint density at radius 3 is 2.62 bits per heavy atom. The molecule has 0 aliphatic carbocycles. The molecule has 3 nitrogen and oxygen atoms in total. The highest BCUT2D eigenvalue weighted by atomic mass is 16.1. The summed E-state index contributed by atoms with van der Waals surface area (Å²) in [6.45, 7) is 3.53. The second-order valence-electron chi connectivity index (χ2n) is 3.91. The molecule has 0 unspecified atom stereocenters. The summed E-state index contributed by atoms with van der Waals surface area (Å²) in [6, 6.07) is 8.36. The minimum absolute atomic E-state index is 0.0765. The van der Waals surface area contributed by atoms with E-state index in [0.29, 0.717) is 11.1 Å². The molecule has 0 bridgehead atoms. The van der Waals surface area contributed by atoms with Crippen LogP contribution in [0.1, 0.15) is 36.2 Å². The molecule has 0 aromatic heterocycles. The van der Waals surface area contributed by atoms with Crippen LogP contribution in [-0.4, -0.2) is 11.6 Å². The van der Waals surface area contributed by atoms with Gasteiger partial charge in [-0.1, -0.05) is 26.0 Å². The third kappa shape index (κ3) is 3.03. The Kier molecular flexibility index (Phi) is 3.96. The van der Waals surface area contributed by atoms with Crippen LogP contribution in [0.3, 0.4) is 0 Å². The largest absolute Gasteiger partial charge is 0.299 e. The van der Waals surface area contributed by atoms with Crippen LogP contribution in [0.5, 0.6) is 0 Å². The Hall–Kier alpha value is -1.95. The van der Waals surface area contributed by atoms with Crippen LogP contribution in [0.2, 0.25) is 0 Å². The first kappa shape index (κ1) is 12.1. The fourth-order valence-corrected chi connectivity index (χ4v) is 1.23. The zero-order chi connectivity index (χ0) is 12.1. The molecule has 1 aromatic rings. The molecule has 82 valence electrons. The topological polar surface area (TPSA) is 57.9 Å². The van der Waals surface area contributed by atoms with E-state index in [0.717, 1.165) is 0 Å². The highest BCUT2D eigenvalue weighted by Gasteiger charge is 2.14. The molecule has 16 heavy (non-hydrogen) atoms. The van der Waals surface area contributed by atoms with Crippen molar-refractivity contribution in [2.75, 3.05) is 0 Å². The Balaban J connectivity index is 2.82. The van der Waals surface area contributed by atoms with E-state index < -0.39 is 0 Å². The number of rotatable bonds is 4. The minimum Gasteiger partial charge on any atom is -0.299 e. The fraction of sp³-hybridized carbons (Fsp3) is 0.308. The summed E-state index contributed by atoms with van der Waals surface area (Å²) in [5.74, 6) is -0.439. The van der Waals surface area contributed by atoms with Crippen LogP contribution >= 0.6 is 0 Å². The van der Waals surface area contributed by atoms with Gasteiger partial charge in [0.1, 0.15) is 5.78 Å². The lowest BCUT2D eigenvalue weighted by Crippen LogP contribution is -2.13. The second-order valence-corrected chi connectivity index (χ2v) is 3.91. The number of nitrogens with zero attached hydrogens (tertiary/aromatic N) is 1. The average Bonchev–Trinajstić information content (AvgIpc) is 2.28. The molecule has 0 spiro atoms. The summed E-state index contributed by atoms with van der Waals surface area (Å²) in [5.41, 5.74) is 0.857. The molecule has 3 heteroatoms. The first-order valence-electron chi connectivity index (χ1n) is 5.10. The van der Waals surface area contributed by atoms with Gasteiger partial charge in [0.05, 0.1) is 18.1 Å². The van der Waals surface area contributed by atoms with Gasteiger partial charge < -0.3 is 0 Å². The van der Waals surface area contributed by atoms with E-state index in [4.69, 9.17) is 5.26 Å². The number of hydrogen-bond acceptors (Lipinski definition) is 3. The summed E-state index contributed by atoms with van der Waals surface area (Å²) in [4.78, 5) is 23.1. The van der Waals surface area contributed by atoms with Gasteiger partial charge in [0.25, 0.3) is 0 Å². The van der Waals surface area contributed by atoms with Gasteiger partial charge in [-0.3, -0.25) is 9.59 Å². The van der Waals surface area contributed by atoms with Crippen LogP contribution in [0.25, 0.3) is 0 Å². The molecule has 0 N–H and O–H groups in total. The zero-order valence-electron chi connectivity index (χ0n) is 9.36. The second kappa shape index (κ2) is 5.22. The van der Waals surface area contributed by atoms with E-state index in [1.807, 2.05) is 6.07 Å². The lowest BCUT2D eigenvalue weighted by molar-refractivity contribution is -0.121. The molecule has 0 radical (unpaired) electrons. The van der Waals surface area contributed by atoms with Gasteiger partial charge in [0.2, 0.25) is 0 Å². The smallest absolute Gasteiger partial charge is 0.170 e. The van der Waals surface area contributed by atoms with Gasteiger partial charge >= 0.3 is 0 Å². The highest BCUT2D eigenvalue weighted by molar-refractivity contribution is 6.08. The lowest BCUT2D eigenvalue weighted by atomic mass is 9.99. The fourth-order valence-electron chi connectivity index (χ4n) is 1.23. The monoisotopic (exact) mass is 215 g/mol. The minimum atomic E-state index is -0.226. The van der Waals surface area contributed by atoms with Crippen LogP contribution in [0, 0.1) is 17.2 Å². The van der Waals surface area contributed by atoms with E-state index >= 15 is 0 Å². The van der Waals surface area contributed by atoms with Crippen LogP contribution in [0.15, 0.2) is 24.3 Å². The lowest BCUT2D eigenvalue weighted by Gasteiger charge is -2.03. The maximum Gasteiger partial charge on any atom is 0.170 e. The number of hydrogen-bond donors (Lipinski definition) is 0. The van der Waals surface area contributed by atoms with Crippen molar-refractivity contribution in [2.45, 2.75) is 20.3 Å². The van der Waals surface area contributed by atoms with Crippen molar-refractivity contribution in [3.8, 4) is 6.07 Å². The van der Waals surface area contributed by atoms with Crippen molar-refractivity contribution in [2.24, 2.45) is 5.92 Å². The molecule has 0 saturated heterocycles. The first-order valence-corrected chi connectivity index (χ1v) is 5.10.